The molecule has 140 valence electrons. The third-order valence-electron chi connectivity index (χ3n) is 3.42. The maximum absolute atomic E-state index is 12.2. The summed E-state index contributed by atoms with van der Waals surface area (Å²) >= 11 is 7.37. The summed E-state index contributed by atoms with van der Waals surface area (Å²) in [6, 6.07) is 12.6. The lowest BCUT2D eigenvalue weighted by molar-refractivity contribution is -0.119. The van der Waals surface area contributed by atoms with Gasteiger partial charge < -0.3 is 14.8 Å². The number of carbonyl (C=O) groups excluding carboxylic acids is 2. The molecule has 0 aliphatic heterocycles. The number of hydrogen-bond acceptors (Lipinski definition) is 5. The molecule has 0 atom stereocenters. The highest BCUT2D eigenvalue weighted by molar-refractivity contribution is 7.21. The van der Waals surface area contributed by atoms with Crippen molar-refractivity contribution in [2.75, 3.05) is 11.9 Å². The number of ether oxygens (including phenoxy) is 2. The lowest BCUT2D eigenvalue weighted by Gasteiger charge is -2.08. The van der Waals surface area contributed by atoms with E-state index in [0.717, 1.165) is 10.1 Å². The molecule has 5 nitrogen and oxygen atoms in total. The predicted octanol–water partition coefficient (Wildman–Crippen LogP) is 4.95. The van der Waals surface area contributed by atoms with E-state index in [1.54, 1.807) is 12.1 Å². The minimum atomic E-state index is -2.93. The van der Waals surface area contributed by atoms with Crippen molar-refractivity contribution in [2.45, 2.75) is 6.61 Å². The fourth-order valence-electron chi connectivity index (χ4n) is 2.26. The van der Waals surface area contributed by atoms with Gasteiger partial charge in [0.2, 0.25) is 0 Å². The van der Waals surface area contributed by atoms with Crippen LogP contribution in [0.25, 0.3) is 10.1 Å². The third kappa shape index (κ3) is 4.72. The highest BCUT2D eigenvalue weighted by Gasteiger charge is 2.19. The number of anilines is 1. The van der Waals surface area contributed by atoms with Gasteiger partial charge >= 0.3 is 12.6 Å². The first-order valence-corrected chi connectivity index (χ1v) is 8.82. The molecule has 1 amide bonds. The van der Waals surface area contributed by atoms with E-state index in [9.17, 15) is 18.4 Å². The Kier molecular flexibility index (Phi) is 5.88. The van der Waals surface area contributed by atoms with Crippen LogP contribution in [-0.2, 0) is 9.53 Å². The fraction of sp³-hybridized carbons (Fsp3) is 0.111. The van der Waals surface area contributed by atoms with E-state index < -0.39 is 25.1 Å². The summed E-state index contributed by atoms with van der Waals surface area (Å²) in [6.07, 6.45) is 0. The monoisotopic (exact) mass is 411 g/mol. The zero-order chi connectivity index (χ0) is 19.4. The number of esters is 1. The van der Waals surface area contributed by atoms with Crippen LogP contribution >= 0.6 is 22.9 Å². The van der Waals surface area contributed by atoms with Crippen LogP contribution in [0, 0.1) is 0 Å². The summed E-state index contributed by atoms with van der Waals surface area (Å²) in [6.45, 7) is -3.44. The zero-order valence-corrected chi connectivity index (χ0v) is 15.2. The average molecular weight is 412 g/mol. The van der Waals surface area contributed by atoms with E-state index in [2.05, 4.69) is 10.1 Å². The standard InChI is InChI=1S/C18H12ClF2NO4S/c19-15-12-3-1-2-4-13(12)27-16(15)17(24)25-9-14(23)22-10-5-7-11(8-6-10)26-18(20)21/h1-8,18H,9H2,(H,22,23). The van der Waals surface area contributed by atoms with Crippen LogP contribution in [-0.4, -0.2) is 25.1 Å². The van der Waals surface area contributed by atoms with Crippen LogP contribution < -0.4 is 10.1 Å². The third-order valence-corrected chi connectivity index (χ3v) is 5.07. The Bertz CT molecular complexity index is 975. The second-order valence-corrected chi connectivity index (χ2v) is 6.70. The Morgan fingerprint density at radius 1 is 1.11 bits per heavy atom. The topological polar surface area (TPSA) is 64.6 Å². The summed E-state index contributed by atoms with van der Waals surface area (Å²) in [4.78, 5) is 24.3. The normalized spacial score (nSPS) is 10.8. The van der Waals surface area contributed by atoms with Crippen molar-refractivity contribution < 1.29 is 27.8 Å². The Hall–Kier alpha value is -2.71. The van der Waals surface area contributed by atoms with Crippen molar-refractivity contribution in [1.82, 2.24) is 0 Å². The molecule has 1 aromatic heterocycles. The molecule has 0 radical (unpaired) electrons. The minimum Gasteiger partial charge on any atom is -0.451 e. The number of fused-ring (bicyclic) bond motifs is 1. The Labute approximate surface area is 161 Å². The second kappa shape index (κ2) is 8.32. The molecule has 1 heterocycles. The van der Waals surface area contributed by atoms with Gasteiger partial charge in [-0.05, 0) is 30.3 Å². The van der Waals surface area contributed by atoms with Crippen LogP contribution in [0.4, 0.5) is 14.5 Å². The number of carbonyl (C=O) groups is 2. The van der Waals surface area contributed by atoms with E-state index in [-0.39, 0.29) is 15.6 Å². The molecule has 3 rings (SSSR count). The fourth-order valence-corrected chi connectivity index (χ4v) is 3.66. The summed E-state index contributed by atoms with van der Waals surface area (Å²) < 4.78 is 34.2. The predicted molar refractivity (Wildman–Crippen MR) is 98.8 cm³/mol. The van der Waals surface area contributed by atoms with Crippen molar-refractivity contribution in [3.63, 3.8) is 0 Å². The molecule has 1 N–H and O–H groups in total. The van der Waals surface area contributed by atoms with Crippen LogP contribution in [0.3, 0.4) is 0 Å². The number of nitrogens with one attached hydrogen (secondary N) is 1. The van der Waals surface area contributed by atoms with Gasteiger partial charge in [-0.25, -0.2) is 4.79 Å². The van der Waals surface area contributed by atoms with Crippen molar-refractivity contribution in [2.24, 2.45) is 0 Å². The maximum atomic E-state index is 12.2. The van der Waals surface area contributed by atoms with E-state index in [0.29, 0.717) is 5.69 Å². The summed E-state index contributed by atoms with van der Waals surface area (Å²) in [5, 5.41) is 3.51. The average Bonchev–Trinajstić information content (AvgIpc) is 2.98. The minimum absolute atomic E-state index is 0.0335. The van der Waals surface area contributed by atoms with E-state index in [4.69, 9.17) is 16.3 Å². The van der Waals surface area contributed by atoms with Gasteiger partial charge in [0.25, 0.3) is 5.91 Å². The molecule has 0 saturated carbocycles. The Balaban J connectivity index is 1.56. The van der Waals surface area contributed by atoms with Gasteiger partial charge in [-0.3, -0.25) is 4.79 Å². The molecule has 0 saturated heterocycles. The smallest absolute Gasteiger partial charge is 0.387 e. The van der Waals surface area contributed by atoms with Crippen molar-refractivity contribution >= 4 is 50.6 Å². The van der Waals surface area contributed by atoms with Gasteiger partial charge in [0, 0.05) is 15.8 Å². The molecule has 0 unspecified atom stereocenters. The highest BCUT2D eigenvalue weighted by Crippen LogP contribution is 2.35. The lowest BCUT2D eigenvalue weighted by atomic mass is 10.2. The molecule has 0 aliphatic carbocycles. The summed E-state index contributed by atoms with van der Waals surface area (Å²) in [5.74, 6) is -1.31. The van der Waals surface area contributed by atoms with Crippen LogP contribution in [0.1, 0.15) is 9.67 Å². The van der Waals surface area contributed by atoms with E-state index in [1.165, 1.54) is 35.6 Å². The van der Waals surface area contributed by atoms with E-state index in [1.807, 2.05) is 12.1 Å². The van der Waals surface area contributed by atoms with Gasteiger partial charge in [0.1, 0.15) is 10.6 Å². The first-order valence-electron chi connectivity index (χ1n) is 7.63. The molecule has 2 aromatic carbocycles. The van der Waals surface area contributed by atoms with Crippen molar-refractivity contribution in [3.05, 3.63) is 58.4 Å². The summed E-state index contributed by atoms with van der Waals surface area (Å²) in [5.41, 5.74) is 0.345. The van der Waals surface area contributed by atoms with Gasteiger partial charge in [0.05, 0.1) is 5.02 Å². The number of benzene rings is 2. The molecule has 0 spiro atoms. The largest absolute Gasteiger partial charge is 0.451 e. The van der Waals surface area contributed by atoms with Crippen molar-refractivity contribution in [1.29, 1.82) is 0 Å². The lowest BCUT2D eigenvalue weighted by Crippen LogP contribution is -2.20. The van der Waals surface area contributed by atoms with E-state index >= 15 is 0 Å². The van der Waals surface area contributed by atoms with Crippen molar-refractivity contribution in [3.8, 4) is 5.75 Å². The molecular formula is C18H12ClF2NO4S. The first-order chi connectivity index (χ1) is 12.9. The number of rotatable bonds is 6. The van der Waals surface area contributed by atoms with Gasteiger partial charge in [-0.1, -0.05) is 29.8 Å². The van der Waals surface area contributed by atoms with Crippen LogP contribution in [0.15, 0.2) is 48.5 Å². The number of thiophene rings is 1. The molecule has 0 aliphatic rings. The zero-order valence-electron chi connectivity index (χ0n) is 13.6. The van der Waals surface area contributed by atoms with Crippen LogP contribution in [0.2, 0.25) is 5.02 Å². The molecule has 3 aromatic rings. The van der Waals surface area contributed by atoms with Crippen LogP contribution in [0.5, 0.6) is 5.75 Å². The first kappa shape index (κ1) is 19.1. The number of hydrogen-bond donors (Lipinski definition) is 1. The molecule has 27 heavy (non-hydrogen) atoms. The molecule has 0 bridgehead atoms. The highest BCUT2D eigenvalue weighted by atomic mass is 35.5. The van der Waals surface area contributed by atoms with Gasteiger partial charge in [-0.15, -0.1) is 11.3 Å². The second-order valence-electron chi connectivity index (χ2n) is 5.27. The number of amides is 1. The molecule has 9 heteroatoms. The summed E-state index contributed by atoms with van der Waals surface area (Å²) in [7, 11) is 0. The molecule has 0 fully saturated rings. The quantitative estimate of drug-likeness (QED) is 0.583. The number of halogens is 3. The SMILES string of the molecule is O=C(COC(=O)c1sc2ccccc2c1Cl)Nc1ccc(OC(F)F)cc1. The Morgan fingerprint density at radius 2 is 1.81 bits per heavy atom. The van der Waals surface area contributed by atoms with Gasteiger partial charge in [0.15, 0.2) is 6.61 Å². The maximum Gasteiger partial charge on any atom is 0.387 e. The molecular weight excluding hydrogens is 400 g/mol. The number of alkyl halides is 2. The van der Waals surface area contributed by atoms with Gasteiger partial charge in [-0.2, -0.15) is 8.78 Å². The Morgan fingerprint density at radius 3 is 2.48 bits per heavy atom.